The van der Waals surface area contributed by atoms with E-state index in [4.69, 9.17) is 9.47 Å². The molecule has 0 fully saturated rings. The highest BCUT2D eigenvalue weighted by Gasteiger charge is 2.15. The summed E-state index contributed by atoms with van der Waals surface area (Å²) in [6, 6.07) is 0. The van der Waals surface area contributed by atoms with Gasteiger partial charge in [-0.2, -0.15) is 0 Å². The standard InChI is InChI=1S/C12H19N3O2/c1-9(2)16-5-6-17-12-10-7-13-4-3-11(10)14-8-15-12/h8-9,13H,3-7H2,1-2H3. The molecular formula is C12H19N3O2. The van der Waals surface area contributed by atoms with E-state index in [0.717, 1.165) is 30.8 Å². The molecule has 0 amide bonds. The van der Waals surface area contributed by atoms with Gasteiger partial charge < -0.3 is 14.8 Å². The van der Waals surface area contributed by atoms with Crippen LogP contribution in [0.15, 0.2) is 6.33 Å². The van der Waals surface area contributed by atoms with Gasteiger partial charge in [0.25, 0.3) is 0 Å². The van der Waals surface area contributed by atoms with E-state index in [1.807, 2.05) is 13.8 Å². The second kappa shape index (κ2) is 5.93. The summed E-state index contributed by atoms with van der Waals surface area (Å²) < 4.78 is 11.1. The van der Waals surface area contributed by atoms with Crippen molar-refractivity contribution in [3.8, 4) is 5.88 Å². The predicted molar refractivity (Wildman–Crippen MR) is 64.0 cm³/mol. The minimum absolute atomic E-state index is 0.236. The van der Waals surface area contributed by atoms with Gasteiger partial charge in [-0.25, -0.2) is 9.97 Å². The number of nitrogens with one attached hydrogen (secondary N) is 1. The summed E-state index contributed by atoms with van der Waals surface area (Å²) in [5, 5.41) is 3.30. The van der Waals surface area contributed by atoms with Gasteiger partial charge in [-0.1, -0.05) is 0 Å². The van der Waals surface area contributed by atoms with Gasteiger partial charge in [-0.3, -0.25) is 0 Å². The van der Waals surface area contributed by atoms with Crippen LogP contribution in [0.3, 0.4) is 0 Å². The maximum atomic E-state index is 5.64. The molecule has 0 unspecified atom stereocenters. The molecule has 1 aliphatic heterocycles. The van der Waals surface area contributed by atoms with Crippen LogP contribution in [0.2, 0.25) is 0 Å². The highest BCUT2D eigenvalue weighted by Crippen LogP contribution is 2.20. The second-order valence-corrected chi connectivity index (χ2v) is 4.30. The molecule has 1 aliphatic rings. The Hall–Kier alpha value is -1.20. The molecule has 94 valence electrons. The fraction of sp³-hybridized carbons (Fsp3) is 0.667. The fourth-order valence-corrected chi connectivity index (χ4v) is 1.79. The van der Waals surface area contributed by atoms with Gasteiger partial charge in [0.05, 0.1) is 18.4 Å². The molecule has 0 aromatic carbocycles. The first-order valence-corrected chi connectivity index (χ1v) is 6.05. The zero-order chi connectivity index (χ0) is 12.1. The summed E-state index contributed by atoms with van der Waals surface area (Å²) in [5.74, 6) is 0.689. The third-order valence-electron chi connectivity index (χ3n) is 2.61. The van der Waals surface area contributed by atoms with E-state index >= 15 is 0 Å². The molecule has 17 heavy (non-hydrogen) atoms. The van der Waals surface area contributed by atoms with Crippen molar-refractivity contribution in [1.82, 2.24) is 15.3 Å². The largest absolute Gasteiger partial charge is 0.475 e. The number of hydrogen-bond donors (Lipinski definition) is 1. The number of fused-ring (bicyclic) bond motifs is 1. The van der Waals surface area contributed by atoms with Crippen LogP contribution in [-0.4, -0.2) is 35.8 Å². The van der Waals surface area contributed by atoms with Crippen molar-refractivity contribution in [1.29, 1.82) is 0 Å². The van der Waals surface area contributed by atoms with Crippen LogP contribution in [-0.2, 0) is 17.7 Å². The summed E-state index contributed by atoms with van der Waals surface area (Å²) in [7, 11) is 0. The average molecular weight is 237 g/mol. The topological polar surface area (TPSA) is 56.3 Å². The maximum Gasteiger partial charge on any atom is 0.221 e. The number of nitrogens with zero attached hydrogens (tertiary/aromatic N) is 2. The molecule has 0 atom stereocenters. The van der Waals surface area contributed by atoms with Crippen LogP contribution in [0.4, 0.5) is 0 Å². The molecule has 0 aliphatic carbocycles. The van der Waals surface area contributed by atoms with Gasteiger partial charge in [0.1, 0.15) is 12.9 Å². The van der Waals surface area contributed by atoms with Crippen molar-refractivity contribution in [2.75, 3.05) is 19.8 Å². The van der Waals surface area contributed by atoms with Gasteiger partial charge in [0.15, 0.2) is 0 Å². The molecule has 0 saturated carbocycles. The first kappa shape index (κ1) is 12.3. The first-order chi connectivity index (χ1) is 8.27. The molecule has 1 N–H and O–H groups in total. The normalized spacial score (nSPS) is 14.8. The van der Waals surface area contributed by atoms with Crippen LogP contribution < -0.4 is 10.1 Å². The number of aromatic nitrogens is 2. The molecular weight excluding hydrogens is 218 g/mol. The third kappa shape index (κ3) is 3.38. The van der Waals surface area contributed by atoms with Crippen molar-refractivity contribution < 1.29 is 9.47 Å². The van der Waals surface area contributed by atoms with E-state index in [1.54, 1.807) is 6.33 Å². The smallest absolute Gasteiger partial charge is 0.221 e. The molecule has 0 saturated heterocycles. The van der Waals surface area contributed by atoms with Crippen LogP contribution in [0, 0.1) is 0 Å². The molecule has 1 aromatic heterocycles. The Kier molecular flexibility index (Phi) is 4.28. The zero-order valence-corrected chi connectivity index (χ0v) is 10.4. The fourth-order valence-electron chi connectivity index (χ4n) is 1.79. The van der Waals surface area contributed by atoms with E-state index in [1.165, 1.54) is 0 Å². The molecule has 0 radical (unpaired) electrons. The Morgan fingerprint density at radius 1 is 1.35 bits per heavy atom. The Morgan fingerprint density at radius 3 is 3.06 bits per heavy atom. The van der Waals surface area contributed by atoms with Crippen molar-refractivity contribution >= 4 is 0 Å². The van der Waals surface area contributed by atoms with Gasteiger partial charge in [-0.05, 0) is 13.8 Å². The highest BCUT2D eigenvalue weighted by atomic mass is 16.5. The van der Waals surface area contributed by atoms with Crippen molar-refractivity contribution in [3.63, 3.8) is 0 Å². The Labute approximate surface area is 102 Å². The quantitative estimate of drug-likeness (QED) is 0.772. The molecule has 0 bridgehead atoms. The average Bonchev–Trinajstić information content (AvgIpc) is 2.34. The Morgan fingerprint density at radius 2 is 2.24 bits per heavy atom. The lowest BCUT2D eigenvalue weighted by atomic mass is 10.1. The van der Waals surface area contributed by atoms with E-state index in [2.05, 4.69) is 15.3 Å². The van der Waals surface area contributed by atoms with E-state index in [0.29, 0.717) is 19.1 Å². The number of ether oxygens (including phenoxy) is 2. The van der Waals surface area contributed by atoms with Gasteiger partial charge >= 0.3 is 0 Å². The predicted octanol–water partition coefficient (Wildman–Crippen LogP) is 0.926. The minimum atomic E-state index is 0.236. The van der Waals surface area contributed by atoms with Crippen LogP contribution >= 0.6 is 0 Å². The van der Waals surface area contributed by atoms with Crippen LogP contribution in [0.25, 0.3) is 0 Å². The van der Waals surface area contributed by atoms with Crippen molar-refractivity contribution in [2.45, 2.75) is 32.9 Å². The molecule has 2 heterocycles. The summed E-state index contributed by atoms with van der Waals surface area (Å²) in [6.07, 6.45) is 2.75. The van der Waals surface area contributed by atoms with Gasteiger partial charge in [0, 0.05) is 25.1 Å². The minimum Gasteiger partial charge on any atom is -0.475 e. The summed E-state index contributed by atoms with van der Waals surface area (Å²) in [6.45, 7) is 6.90. The van der Waals surface area contributed by atoms with Crippen LogP contribution in [0.5, 0.6) is 5.88 Å². The third-order valence-corrected chi connectivity index (χ3v) is 2.61. The number of rotatable bonds is 5. The van der Waals surface area contributed by atoms with E-state index in [9.17, 15) is 0 Å². The lowest BCUT2D eigenvalue weighted by molar-refractivity contribution is 0.0539. The summed E-state index contributed by atoms with van der Waals surface area (Å²) >= 11 is 0. The summed E-state index contributed by atoms with van der Waals surface area (Å²) in [5.41, 5.74) is 2.18. The van der Waals surface area contributed by atoms with Gasteiger partial charge in [-0.15, -0.1) is 0 Å². The monoisotopic (exact) mass is 237 g/mol. The molecule has 5 nitrogen and oxygen atoms in total. The molecule has 0 spiro atoms. The van der Waals surface area contributed by atoms with Crippen molar-refractivity contribution in [2.24, 2.45) is 0 Å². The zero-order valence-electron chi connectivity index (χ0n) is 10.4. The van der Waals surface area contributed by atoms with Gasteiger partial charge in [0.2, 0.25) is 5.88 Å². The molecule has 5 heteroatoms. The molecule has 2 rings (SSSR count). The Bertz CT molecular complexity index is 369. The first-order valence-electron chi connectivity index (χ1n) is 6.05. The number of hydrogen-bond acceptors (Lipinski definition) is 5. The van der Waals surface area contributed by atoms with E-state index in [-0.39, 0.29) is 6.10 Å². The molecule has 1 aromatic rings. The SMILES string of the molecule is CC(C)OCCOc1ncnc2c1CNCC2. The lowest BCUT2D eigenvalue weighted by Gasteiger charge is -2.18. The Balaban J connectivity index is 1.92. The van der Waals surface area contributed by atoms with Crippen LogP contribution in [0.1, 0.15) is 25.1 Å². The second-order valence-electron chi connectivity index (χ2n) is 4.30. The highest BCUT2D eigenvalue weighted by molar-refractivity contribution is 5.31. The van der Waals surface area contributed by atoms with Crippen molar-refractivity contribution in [3.05, 3.63) is 17.6 Å². The lowest BCUT2D eigenvalue weighted by Crippen LogP contribution is -2.26. The van der Waals surface area contributed by atoms with E-state index < -0.39 is 0 Å². The summed E-state index contributed by atoms with van der Waals surface area (Å²) in [4.78, 5) is 8.45. The maximum absolute atomic E-state index is 5.64.